The number of fused-ring (bicyclic) bond motifs is 1. The van der Waals surface area contributed by atoms with Crippen molar-refractivity contribution in [1.82, 2.24) is 15.0 Å². The largest absolute Gasteiger partial charge is 0.322 e. The maximum atomic E-state index is 12.5. The van der Waals surface area contributed by atoms with Gasteiger partial charge in [-0.1, -0.05) is 45.4 Å². The van der Waals surface area contributed by atoms with Crippen LogP contribution in [0.25, 0.3) is 11.0 Å². The first kappa shape index (κ1) is 17.4. The zero-order chi connectivity index (χ0) is 18.8. The Morgan fingerprint density at radius 2 is 1.85 bits per heavy atom. The van der Waals surface area contributed by atoms with Crippen LogP contribution in [0.1, 0.15) is 21.5 Å². The highest BCUT2D eigenvalue weighted by molar-refractivity contribution is 9.10. The highest BCUT2D eigenvalue weighted by Crippen LogP contribution is 2.20. The van der Waals surface area contributed by atoms with E-state index in [1.54, 1.807) is 0 Å². The number of carbonyl (C=O) groups excluding carboxylic acids is 1. The van der Waals surface area contributed by atoms with Gasteiger partial charge in [-0.3, -0.25) is 4.79 Å². The molecule has 0 aliphatic heterocycles. The average Bonchev–Trinajstić information content (AvgIpc) is 3.08. The van der Waals surface area contributed by atoms with Gasteiger partial charge in [-0.2, -0.15) is 0 Å². The van der Waals surface area contributed by atoms with Crippen LogP contribution in [0, 0.1) is 6.92 Å². The van der Waals surface area contributed by atoms with E-state index in [2.05, 4.69) is 31.6 Å². The number of para-hydroxylation sites is 1. The Morgan fingerprint density at radius 3 is 2.63 bits per heavy atom. The Morgan fingerprint density at radius 1 is 1.07 bits per heavy atom. The second-order valence-electron chi connectivity index (χ2n) is 6.35. The maximum Gasteiger partial charge on any atom is 0.255 e. The molecular weight excluding hydrogens is 404 g/mol. The molecule has 4 rings (SSSR count). The van der Waals surface area contributed by atoms with Gasteiger partial charge in [0, 0.05) is 15.7 Å². The normalized spacial score (nSPS) is 10.9. The molecule has 1 heterocycles. The highest BCUT2D eigenvalue weighted by atomic mass is 79.9. The minimum atomic E-state index is -0.130. The van der Waals surface area contributed by atoms with Crippen molar-refractivity contribution in [2.75, 3.05) is 5.32 Å². The fourth-order valence-electron chi connectivity index (χ4n) is 2.89. The van der Waals surface area contributed by atoms with E-state index in [9.17, 15) is 4.79 Å². The lowest BCUT2D eigenvalue weighted by Crippen LogP contribution is -2.12. The summed E-state index contributed by atoms with van der Waals surface area (Å²) in [5, 5.41) is 11.3. The summed E-state index contributed by atoms with van der Waals surface area (Å²) in [7, 11) is 0. The van der Waals surface area contributed by atoms with Crippen LogP contribution < -0.4 is 5.32 Å². The lowest BCUT2D eigenvalue weighted by Gasteiger charge is -2.08. The van der Waals surface area contributed by atoms with E-state index in [0.717, 1.165) is 32.3 Å². The first-order chi connectivity index (χ1) is 13.1. The first-order valence-corrected chi connectivity index (χ1v) is 9.34. The van der Waals surface area contributed by atoms with Gasteiger partial charge in [-0.25, -0.2) is 4.68 Å². The van der Waals surface area contributed by atoms with E-state index in [1.165, 1.54) is 0 Å². The number of benzene rings is 3. The summed E-state index contributed by atoms with van der Waals surface area (Å²) in [6.07, 6.45) is 0. The van der Waals surface area contributed by atoms with Crippen molar-refractivity contribution in [2.24, 2.45) is 0 Å². The van der Waals surface area contributed by atoms with Gasteiger partial charge in [0.25, 0.3) is 5.91 Å². The predicted molar refractivity (Wildman–Crippen MR) is 110 cm³/mol. The van der Waals surface area contributed by atoms with E-state index < -0.39 is 0 Å². The zero-order valence-corrected chi connectivity index (χ0v) is 16.3. The molecule has 0 fully saturated rings. The molecule has 4 aromatic rings. The quantitative estimate of drug-likeness (QED) is 0.515. The van der Waals surface area contributed by atoms with Gasteiger partial charge in [0.2, 0.25) is 0 Å². The fraction of sp³-hybridized carbons (Fsp3) is 0.0952. The van der Waals surface area contributed by atoms with E-state index in [4.69, 9.17) is 0 Å². The number of hydrogen-bond acceptors (Lipinski definition) is 3. The van der Waals surface area contributed by atoms with Gasteiger partial charge in [0.05, 0.1) is 12.1 Å². The topological polar surface area (TPSA) is 59.8 Å². The van der Waals surface area contributed by atoms with Crippen molar-refractivity contribution in [3.05, 3.63) is 87.9 Å². The first-order valence-electron chi connectivity index (χ1n) is 8.55. The number of aryl methyl sites for hydroxylation is 1. The average molecular weight is 421 g/mol. The second kappa shape index (κ2) is 7.32. The van der Waals surface area contributed by atoms with Crippen LogP contribution in [-0.4, -0.2) is 20.9 Å². The van der Waals surface area contributed by atoms with Crippen molar-refractivity contribution < 1.29 is 4.79 Å². The molecule has 0 saturated carbocycles. The third kappa shape index (κ3) is 3.75. The van der Waals surface area contributed by atoms with E-state index in [-0.39, 0.29) is 5.91 Å². The molecule has 0 atom stereocenters. The number of anilines is 1. The summed E-state index contributed by atoms with van der Waals surface area (Å²) in [6.45, 7) is 2.59. The lowest BCUT2D eigenvalue weighted by molar-refractivity contribution is 0.102. The van der Waals surface area contributed by atoms with Crippen LogP contribution >= 0.6 is 15.9 Å². The van der Waals surface area contributed by atoms with Crippen molar-refractivity contribution in [2.45, 2.75) is 13.5 Å². The Labute approximate surface area is 165 Å². The molecule has 3 aromatic carbocycles. The van der Waals surface area contributed by atoms with Gasteiger partial charge >= 0.3 is 0 Å². The Balaban J connectivity index is 1.48. The van der Waals surface area contributed by atoms with Crippen molar-refractivity contribution in [3.8, 4) is 0 Å². The van der Waals surface area contributed by atoms with Crippen molar-refractivity contribution in [3.63, 3.8) is 0 Å². The number of hydrogen-bond donors (Lipinski definition) is 1. The van der Waals surface area contributed by atoms with Crippen LogP contribution in [0.2, 0.25) is 0 Å². The van der Waals surface area contributed by atoms with Crippen LogP contribution in [0.3, 0.4) is 0 Å². The van der Waals surface area contributed by atoms with Crippen LogP contribution in [0.15, 0.2) is 71.2 Å². The Kier molecular flexibility index (Phi) is 4.73. The minimum absolute atomic E-state index is 0.130. The minimum Gasteiger partial charge on any atom is -0.322 e. The molecule has 1 amide bonds. The highest BCUT2D eigenvalue weighted by Gasteiger charge is 2.08. The smallest absolute Gasteiger partial charge is 0.255 e. The standard InChI is InChI=1S/C21H17BrN4O/c1-14-12-17(10-11-18(14)22)23-21(27)16-8-6-15(7-9-16)13-26-20-5-3-2-4-19(20)24-25-26/h2-12H,13H2,1H3,(H,23,27). The molecule has 6 heteroatoms. The lowest BCUT2D eigenvalue weighted by atomic mass is 10.1. The molecule has 0 aliphatic rings. The van der Waals surface area contributed by atoms with Crippen LogP contribution in [0.5, 0.6) is 0 Å². The number of aromatic nitrogens is 3. The molecule has 5 nitrogen and oxygen atoms in total. The molecular formula is C21H17BrN4O. The molecule has 1 N–H and O–H groups in total. The van der Waals surface area contributed by atoms with Gasteiger partial charge in [0.15, 0.2) is 0 Å². The molecule has 0 spiro atoms. The molecule has 0 saturated heterocycles. The predicted octanol–water partition coefficient (Wildman–Crippen LogP) is 4.80. The van der Waals surface area contributed by atoms with Gasteiger partial charge < -0.3 is 5.32 Å². The number of halogens is 1. The van der Waals surface area contributed by atoms with Crippen LogP contribution in [-0.2, 0) is 6.54 Å². The fourth-order valence-corrected chi connectivity index (χ4v) is 3.14. The third-order valence-electron chi connectivity index (χ3n) is 4.38. The van der Waals surface area contributed by atoms with Crippen molar-refractivity contribution >= 4 is 38.6 Å². The van der Waals surface area contributed by atoms with E-state index in [1.807, 2.05) is 78.3 Å². The van der Waals surface area contributed by atoms with Crippen molar-refractivity contribution in [1.29, 1.82) is 0 Å². The zero-order valence-electron chi connectivity index (χ0n) is 14.7. The summed E-state index contributed by atoms with van der Waals surface area (Å²) >= 11 is 3.46. The Hall–Kier alpha value is -2.99. The SMILES string of the molecule is Cc1cc(NC(=O)c2ccc(Cn3nnc4ccccc43)cc2)ccc1Br. The number of rotatable bonds is 4. The summed E-state index contributed by atoms with van der Waals surface area (Å²) in [5.74, 6) is -0.130. The molecule has 0 bridgehead atoms. The third-order valence-corrected chi connectivity index (χ3v) is 5.27. The molecule has 0 radical (unpaired) electrons. The van der Waals surface area contributed by atoms with E-state index in [0.29, 0.717) is 12.1 Å². The van der Waals surface area contributed by atoms with Gasteiger partial charge in [-0.05, 0) is 60.5 Å². The number of nitrogens with zero attached hydrogens (tertiary/aromatic N) is 3. The second-order valence-corrected chi connectivity index (χ2v) is 7.21. The summed E-state index contributed by atoms with van der Waals surface area (Å²) in [4.78, 5) is 12.5. The molecule has 134 valence electrons. The molecule has 0 aliphatic carbocycles. The molecule has 0 unspecified atom stereocenters. The number of nitrogens with one attached hydrogen (secondary N) is 1. The summed E-state index contributed by atoms with van der Waals surface area (Å²) < 4.78 is 2.88. The monoisotopic (exact) mass is 420 g/mol. The molecule has 27 heavy (non-hydrogen) atoms. The van der Waals surface area contributed by atoms with Gasteiger partial charge in [-0.15, -0.1) is 5.10 Å². The Bertz CT molecular complexity index is 1120. The number of amides is 1. The summed E-state index contributed by atoms with van der Waals surface area (Å²) in [5.41, 5.74) is 5.38. The molecule has 1 aromatic heterocycles. The van der Waals surface area contributed by atoms with E-state index >= 15 is 0 Å². The maximum absolute atomic E-state index is 12.5. The summed E-state index contributed by atoms with van der Waals surface area (Å²) in [6, 6.07) is 21.1. The van der Waals surface area contributed by atoms with Crippen LogP contribution in [0.4, 0.5) is 5.69 Å². The number of carbonyl (C=O) groups is 1. The van der Waals surface area contributed by atoms with Gasteiger partial charge in [0.1, 0.15) is 5.52 Å².